The molecule has 0 aromatic carbocycles. The molecule has 1 aliphatic heterocycles. The second-order valence-electron chi connectivity index (χ2n) is 5.97. The molecule has 9 heteroatoms. The van der Waals surface area contributed by atoms with Crippen LogP contribution in [0.3, 0.4) is 0 Å². The van der Waals surface area contributed by atoms with Crippen molar-refractivity contribution in [3.05, 3.63) is 24.2 Å². The molecule has 9 nitrogen and oxygen atoms in total. The van der Waals surface area contributed by atoms with Gasteiger partial charge >= 0.3 is 0 Å². The molecule has 2 aromatic rings. The van der Waals surface area contributed by atoms with Crippen LogP contribution in [0.2, 0.25) is 0 Å². The number of nitrogens with zero attached hydrogens (tertiary/aromatic N) is 3. The lowest BCUT2D eigenvalue weighted by molar-refractivity contribution is 0.0420. The van der Waals surface area contributed by atoms with Gasteiger partial charge < -0.3 is 24.5 Å². The molecule has 3 rings (SSSR count). The number of hydrogen-bond acceptors (Lipinski definition) is 6. The van der Waals surface area contributed by atoms with E-state index in [2.05, 4.69) is 30.8 Å². The molecule has 3 N–H and O–H groups in total. The Morgan fingerprint density at radius 3 is 3.12 bits per heavy atom. The molecule has 0 bridgehead atoms. The molecule has 0 aliphatic carbocycles. The summed E-state index contributed by atoms with van der Waals surface area (Å²) in [6.45, 7) is 3.76. The van der Waals surface area contributed by atoms with Crippen molar-refractivity contribution in [3.8, 4) is 11.6 Å². The summed E-state index contributed by atoms with van der Waals surface area (Å²) in [5, 5.41) is 13.6. The predicted octanol–water partition coefficient (Wildman–Crippen LogP) is 0.968. The van der Waals surface area contributed by atoms with Crippen molar-refractivity contribution in [1.82, 2.24) is 25.8 Å². The summed E-state index contributed by atoms with van der Waals surface area (Å²) in [6.07, 6.45) is 4.50. The maximum absolute atomic E-state index is 5.74. The van der Waals surface area contributed by atoms with Crippen LogP contribution >= 0.6 is 0 Å². The summed E-state index contributed by atoms with van der Waals surface area (Å²) >= 11 is 0. The Hall–Kier alpha value is -2.39. The first kappa shape index (κ1) is 18.4. The van der Waals surface area contributed by atoms with E-state index in [4.69, 9.17) is 13.9 Å². The quantitative estimate of drug-likeness (QED) is 0.346. The van der Waals surface area contributed by atoms with Gasteiger partial charge in [-0.1, -0.05) is 0 Å². The van der Waals surface area contributed by atoms with Gasteiger partial charge in [-0.3, -0.25) is 10.1 Å². The van der Waals surface area contributed by atoms with Crippen LogP contribution in [0.5, 0.6) is 0 Å². The zero-order valence-electron chi connectivity index (χ0n) is 15.0. The van der Waals surface area contributed by atoms with E-state index in [1.807, 2.05) is 12.1 Å². The first-order valence-electron chi connectivity index (χ1n) is 8.94. The highest BCUT2D eigenvalue weighted by Gasteiger charge is 2.15. The molecular weight excluding hydrogens is 336 g/mol. The lowest BCUT2D eigenvalue weighted by Gasteiger charge is -2.12. The van der Waals surface area contributed by atoms with Crippen molar-refractivity contribution in [1.29, 1.82) is 0 Å². The Kier molecular flexibility index (Phi) is 7.03. The normalized spacial score (nSPS) is 17.6. The minimum atomic E-state index is 0.264. The monoisotopic (exact) mass is 362 g/mol. The van der Waals surface area contributed by atoms with Gasteiger partial charge in [0.2, 0.25) is 5.82 Å². The van der Waals surface area contributed by atoms with Gasteiger partial charge in [-0.15, -0.1) is 0 Å². The van der Waals surface area contributed by atoms with Crippen LogP contribution in [0.4, 0.5) is 0 Å². The Morgan fingerprint density at radius 1 is 1.42 bits per heavy atom. The van der Waals surface area contributed by atoms with Gasteiger partial charge in [0.05, 0.1) is 19.0 Å². The van der Waals surface area contributed by atoms with Gasteiger partial charge in [-0.2, -0.15) is 5.10 Å². The number of hydrogen-bond donors (Lipinski definition) is 3. The molecule has 1 aliphatic rings. The number of guanidine groups is 1. The average Bonchev–Trinajstić information content (AvgIpc) is 3.41. The number of ether oxygens (including phenoxy) is 2. The van der Waals surface area contributed by atoms with Crippen molar-refractivity contribution in [3.63, 3.8) is 0 Å². The third-order valence-electron chi connectivity index (χ3n) is 4.01. The number of aromatic nitrogens is 3. The average molecular weight is 362 g/mol. The highest BCUT2D eigenvalue weighted by Crippen LogP contribution is 2.14. The van der Waals surface area contributed by atoms with E-state index in [0.717, 1.165) is 51.0 Å². The van der Waals surface area contributed by atoms with Gasteiger partial charge in [0, 0.05) is 39.8 Å². The number of rotatable bonds is 9. The van der Waals surface area contributed by atoms with Gasteiger partial charge in [0.25, 0.3) is 0 Å². The van der Waals surface area contributed by atoms with Gasteiger partial charge in [0.1, 0.15) is 5.82 Å². The van der Waals surface area contributed by atoms with E-state index < -0.39 is 0 Å². The molecule has 0 amide bonds. The smallest absolute Gasteiger partial charge is 0.216 e. The fourth-order valence-electron chi connectivity index (χ4n) is 2.62. The van der Waals surface area contributed by atoms with Crippen molar-refractivity contribution in [2.75, 3.05) is 40.0 Å². The maximum Gasteiger partial charge on any atom is 0.216 e. The van der Waals surface area contributed by atoms with Gasteiger partial charge in [-0.25, -0.2) is 4.98 Å². The van der Waals surface area contributed by atoms with E-state index in [9.17, 15) is 0 Å². The fourth-order valence-corrected chi connectivity index (χ4v) is 2.62. The van der Waals surface area contributed by atoms with Crippen LogP contribution in [0.25, 0.3) is 11.6 Å². The van der Waals surface area contributed by atoms with E-state index in [1.165, 1.54) is 0 Å². The second-order valence-corrected chi connectivity index (χ2v) is 5.97. The summed E-state index contributed by atoms with van der Waals surface area (Å²) in [6, 6.07) is 3.65. The Labute approximate surface area is 152 Å². The molecule has 26 heavy (non-hydrogen) atoms. The van der Waals surface area contributed by atoms with E-state index in [-0.39, 0.29) is 6.10 Å². The van der Waals surface area contributed by atoms with Crippen LogP contribution in [0.15, 0.2) is 27.8 Å². The molecule has 1 saturated heterocycles. The first-order chi connectivity index (χ1) is 12.8. The summed E-state index contributed by atoms with van der Waals surface area (Å²) in [5.74, 6) is 2.79. The number of nitrogens with one attached hydrogen (secondary N) is 3. The molecular formula is C17H26N6O3. The van der Waals surface area contributed by atoms with Crippen LogP contribution in [0, 0.1) is 0 Å². The Morgan fingerprint density at radius 2 is 2.35 bits per heavy atom. The minimum absolute atomic E-state index is 0.264. The molecule has 3 heterocycles. The summed E-state index contributed by atoms with van der Waals surface area (Å²) in [7, 11) is 1.76. The minimum Gasteiger partial charge on any atom is -0.461 e. The molecule has 0 spiro atoms. The molecule has 1 atom stereocenters. The molecule has 0 saturated carbocycles. The van der Waals surface area contributed by atoms with Crippen LogP contribution in [0.1, 0.15) is 18.7 Å². The topological polar surface area (TPSA) is 110 Å². The summed E-state index contributed by atoms with van der Waals surface area (Å²) in [5.41, 5.74) is 0. The number of aromatic amines is 1. The third-order valence-corrected chi connectivity index (χ3v) is 4.01. The van der Waals surface area contributed by atoms with Crippen LogP contribution < -0.4 is 10.6 Å². The van der Waals surface area contributed by atoms with Gasteiger partial charge in [0.15, 0.2) is 11.7 Å². The largest absolute Gasteiger partial charge is 0.461 e. The first-order valence-corrected chi connectivity index (χ1v) is 8.94. The summed E-state index contributed by atoms with van der Waals surface area (Å²) in [4.78, 5) is 8.62. The highest BCUT2D eigenvalue weighted by atomic mass is 16.5. The van der Waals surface area contributed by atoms with Crippen LogP contribution in [-0.4, -0.2) is 67.2 Å². The maximum atomic E-state index is 5.74. The number of aliphatic imine (C=N–C) groups is 1. The third kappa shape index (κ3) is 5.57. The second kappa shape index (κ2) is 9.93. The van der Waals surface area contributed by atoms with Crippen LogP contribution in [-0.2, 0) is 15.9 Å². The zero-order valence-corrected chi connectivity index (χ0v) is 15.0. The van der Waals surface area contributed by atoms with E-state index >= 15 is 0 Å². The molecule has 2 aromatic heterocycles. The van der Waals surface area contributed by atoms with Crippen molar-refractivity contribution in [2.45, 2.75) is 25.4 Å². The molecule has 142 valence electrons. The standard InChI is InChI=1S/C17H26N6O3/c1-18-17(19-7-3-10-25-13-6-11-24-12-13)20-8-5-15-21-16(23-22-15)14-4-2-9-26-14/h2,4,9,13H,3,5-8,10-12H2,1H3,(H2,18,19,20)(H,21,22,23). The fraction of sp³-hybridized carbons (Fsp3) is 0.588. The SMILES string of the molecule is CN=C(NCCCOC1CCOC1)NCCc1nc(-c2ccco2)n[nH]1. The Balaban J connectivity index is 1.29. The van der Waals surface area contributed by atoms with Gasteiger partial charge in [-0.05, 0) is 25.0 Å². The predicted molar refractivity (Wildman–Crippen MR) is 96.9 cm³/mol. The van der Waals surface area contributed by atoms with Crippen molar-refractivity contribution in [2.24, 2.45) is 4.99 Å². The van der Waals surface area contributed by atoms with Crippen molar-refractivity contribution < 1.29 is 13.9 Å². The molecule has 0 radical (unpaired) electrons. The number of H-pyrrole nitrogens is 1. The van der Waals surface area contributed by atoms with E-state index in [0.29, 0.717) is 24.6 Å². The van der Waals surface area contributed by atoms with E-state index in [1.54, 1.807) is 13.3 Å². The molecule has 1 unspecified atom stereocenters. The zero-order chi connectivity index (χ0) is 18.0. The highest BCUT2D eigenvalue weighted by molar-refractivity contribution is 5.79. The lowest BCUT2D eigenvalue weighted by atomic mass is 10.3. The lowest BCUT2D eigenvalue weighted by Crippen LogP contribution is -2.39. The Bertz CT molecular complexity index is 664. The molecule has 1 fully saturated rings. The summed E-state index contributed by atoms with van der Waals surface area (Å²) < 4.78 is 16.3. The number of furan rings is 1. The van der Waals surface area contributed by atoms with Crippen molar-refractivity contribution >= 4 is 5.96 Å².